The van der Waals surface area contributed by atoms with Crippen molar-refractivity contribution in [1.82, 2.24) is 0 Å². The zero-order chi connectivity index (χ0) is 7.98. The first-order chi connectivity index (χ1) is 4.70. The maximum atomic E-state index is 10.1. The number of aliphatic carboxylic acids is 1. The third-order valence-electron chi connectivity index (χ3n) is 1.09. The van der Waals surface area contributed by atoms with Gasteiger partial charge in [-0.3, -0.25) is 4.79 Å². The molecule has 0 fully saturated rings. The second kappa shape index (κ2) is 5.20. The van der Waals surface area contributed by atoms with Gasteiger partial charge in [-0.1, -0.05) is 0 Å². The van der Waals surface area contributed by atoms with Crippen LogP contribution in [0.2, 0.25) is 0 Å². The van der Waals surface area contributed by atoms with Gasteiger partial charge in [-0.15, -0.1) is 0 Å². The highest BCUT2D eigenvalue weighted by Crippen LogP contribution is 1.96. The number of rotatable bonds is 5. The lowest BCUT2D eigenvalue weighted by molar-refractivity contribution is -0.140. The number of methoxy groups -OCH3 is 2. The van der Waals surface area contributed by atoms with Gasteiger partial charge in [0.2, 0.25) is 0 Å². The van der Waals surface area contributed by atoms with E-state index in [9.17, 15) is 4.79 Å². The Balaban J connectivity index is 3.49. The number of ether oxygens (including phenoxy) is 2. The van der Waals surface area contributed by atoms with Gasteiger partial charge in [-0.2, -0.15) is 0 Å². The van der Waals surface area contributed by atoms with Gasteiger partial charge in [0.15, 0.2) is 0 Å². The fourth-order valence-corrected chi connectivity index (χ4v) is 0.591. The molecule has 1 N–H and O–H groups in total. The van der Waals surface area contributed by atoms with Crippen LogP contribution >= 0.6 is 0 Å². The zero-order valence-electron chi connectivity index (χ0n) is 6.16. The summed E-state index contributed by atoms with van der Waals surface area (Å²) >= 11 is 0. The summed E-state index contributed by atoms with van der Waals surface area (Å²) in [6.07, 6.45) is -0.341. The van der Waals surface area contributed by atoms with Crippen LogP contribution in [0.5, 0.6) is 0 Å². The summed E-state index contributed by atoms with van der Waals surface area (Å²) in [6.45, 7) is 0.322. The molecule has 0 aromatic carbocycles. The second-order valence-electron chi connectivity index (χ2n) is 1.91. The molecule has 0 aliphatic carbocycles. The molecule has 4 nitrogen and oxygen atoms in total. The molecule has 0 unspecified atom stereocenters. The average Bonchev–Trinajstić information content (AvgIpc) is 1.86. The molecular weight excluding hydrogens is 136 g/mol. The van der Waals surface area contributed by atoms with E-state index in [2.05, 4.69) is 0 Å². The van der Waals surface area contributed by atoms with Gasteiger partial charge in [-0.25, -0.2) is 0 Å². The largest absolute Gasteiger partial charge is 0.481 e. The normalized spacial score (nSPS) is 13.0. The molecule has 0 bridgehead atoms. The van der Waals surface area contributed by atoms with Crippen molar-refractivity contribution in [2.24, 2.45) is 0 Å². The molecule has 0 amide bonds. The van der Waals surface area contributed by atoms with E-state index in [1.165, 1.54) is 14.2 Å². The van der Waals surface area contributed by atoms with E-state index in [4.69, 9.17) is 14.6 Å². The van der Waals surface area contributed by atoms with E-state index in [-0.39, 0.29) is 12.5 Å². The van der Waals surface area contributed by atoms with E-state index >= 15 is 0 Å². The molecule has 0 aliphatic rings. The predicted molar refractivity (Wildman–Crippen MR) is 34.9 cm³/mol. The van der Waals surface area contributed by atoms with Crippen molar-refractivity contribution >= 4 is 5.97 Å². The monoisotopic (exact) mass is 148 g/mol. The summed E-state index contributed by atoms with van der Waals surface area (Å²) < 4.78 is 9.50. The topological polar surface area (TPSA) is 55.8 Å². The summed E-state index contributed by atoms with van der Waals surface area (Å²) in [5.41, 5.74) is 0. The van der Waals surface area contributed by atoms with Crippen LogP contribution in [0.1, 0.15) is 6.42 Å². The van der Waals surface area contributed by atoms with Crippen LogP contribution in [0.25, 0.3) is 0 Å². The lowest BCUT2D eigenvalue weighted by atomic mass is 10.3. The van der Waals surface area contributed by atoms with Gasteiger partial charge < -0.3 is 14.6 Å². The number of hydrogen-bond acceptors (Lipinski definition) is 3. The third kappa shape index (κ3) is 4.29. The molecule has 0 saturated heterocycles. The fraction of sp³-hybridized carbons (Fsp3) is 0.833. The van der Waals surface area contributed by atoms with Crippen LogP contribution in [-0.4, -0.2) is 38.0 Å². The van der Waals surface area contributed by atoms with Crippen molar-refractivity contribution < 1.29 is 19.4 Å². The highest BCUT2D eigenvalue weighted by molar-refractivity contribution is 5.67. The molecule has 0 rings (SSSR count). The molecule has 0 heterocycles. The maximum absolute atomic E-state index is 10.1. The van der Waals surface area contributed by atoms with Gasteiger partial charge in [0.1, 0.15) is 0 Å². The number of carbonyl (C=O) groups is 1. The minimum atomic E-state index is -0.871. The van der Waals surface area contributed by atoms with Crippen LogP contribution in [0.4, 0.5) is 0 Å². The standard InChI is InChI=1S/C6H12O4/c1-9-4-5(10-2)3-6(7)8/h5H,3-4H2,1-2H3,(H,7,8)/t5-/m0/s1. The molecule has 0 aromatic heterocycles. The first-order valence-electron chi connectivity index (χ1n) is 2.94. The first kappa shape index (κ1) is 9.39. The molecule has 0 saturated carbocycles. The predicted octanol–water partition coefficient (Wildman–Crippen LogP) is 0.123. The van der Waals surface area contributed by atoms with E-state index in [0.29, 0.717) is 6.61 Å². The summed E-state index contributed by atoms with van der Waals surface area (Å²) in [7, 11) is 2.97. The molecule has 60 valence electrons. The molecule has 10 heavy (non-hydrogen) atoms. The third-order valence-corrected chi connectivity index (χ3v) is 1.09. The van der Waals surface area contributed by atoms with Crippen molar-refractivity contribution in [2.75, 3.05) is 20.8 Å². The molecule has 1 atom stereocenters. The molecule has 0 aromatic rings. The van der Waals surface area contributed by atoms with Crippen molar-refractivity contribution in [3.63, 3.8) is 0 Å². The smallest absolute Gasteiger partial charge is 0.306 e. The highest BCUT2D eigenvalue weighted by atomic mass is 16.5. The minimum Gasteiger partial charge on any atom is -0.481 e. The molecule has 4 heteroatoms. The summed E-state index contributed by atoms with van der Waals surface area (Å²) in [4.78, 5) is 10.1. The Labute approximate surface area is 59.7 Å². The Hall–Kier alpha value is -0.610. The average molecular weight is 148 g/mol. The van der Waals surface area contributed by atoms with Crippen LogP contribution in [0, 0.1) is 0 Å². The number of carboxylic acids is 1. The zero-order valence-corrected chi connectivity index (χ0v) is 6.16. The first-order valence-corrected chi connectivity index (χ1v) is 2.94. The molecular formula is C6H12O4. The van der Waals surface area contributed by atoms with Gasteiger partial charge in [0, 0.05) is 14.2 Å². The Morgan fingerprint density at radius 3 is 2.50 bits per heavy atom. The SMILES string of the molecule is COC[C@H](CC(=O)O)OC. The van der Waals surface area contributed by atoms with Crippen LogP contribution < -0.4 is 0 Å². The Bertz CT molecular complexity index is 102. The Morgan fingerprint density at radius 1 is 1.60 bits per heavy atom. The fourth-order valence-electron chi connectivity index (χ4n) is 0.591. The van der Waals surface area contributed by atoms with Crippen molar-refractivity contribution in [3.05, 3.63) is 0 Å². The Morgan fingerprint density at radius 2 is 2.20 bits per heavy atom. The van der Waals surface area contributed by atoms with Gasteiger partial charge >= 0.3 is 5.97 Å². The van der Waals surface area contributed by atoms with E-state index in [0.717, 1.165) is 0 Å². The number of carboxylic acid groups (broad SMARTS) is 1. The minimum absolute atomic E-state index is 0.00958. The van der Waals surface area contributed by atoms with Crippen molar-refractivity contribution in [2.45, 2.75) is 12.5 Å². The summed E-state index contributed by atoms with van der Waals surface area (Å²) in [5.74, 6) is -0.871. The lowest BCUT2D eigenvalue weighted by Crippen LogP contribution is -2.20. The van der Waals surface area contributed by atoms with E-state index in [1.54, 1.807) is 0 Å². The Kier molecular flexibility index (Phi) is 4.88. The molecule has 0 spiro atoms. The van der Waals surface area contributed by atoms with Crippen molar-refractivity contribution in [3.8, 4) is 0 Å². The molecule has 0 radical (unpaired) electrons. The summed E-state index contributed by atoms with van der Waals surface area (Å²) in [6, 6.07) is 0. The lowest BCUT2D eigenvalue weighted by Gasteiger charge is -2.10. The van der Waals surface area contributed by atoms with Crippen LogP contribution in [0.3, 0.4) is 0 Å². The highest BCUT2D eigenvalue weighted by Gasteiger charge is 2.10. The maximum Gasteiger partial charge on any atom is 0.306 e. The van der Waals surface area contributed by atoms with Gasteiger partial charge in [0.05, 0.1) is 19.1 Å². The number of hydrogen-bond donors (Lipinski definition) is 1. The quantitative estimate of drug-likeness (QED) is 0.601. The van der Waals surface area contributed by atoms with E-state index in [1.807, 2.05) is 0 Å². The van der Waals surface area contributed by atoms with E-state index < -0.39 is 5.97 Å². The summed E-state index contributed by atoms with van der Waals surface area (Å²) in [5, 5.41) is 8.31. The van der Waals surface area contributed by atoms with Crippen LogP contribution in [0.15, 0.2) is 0 Å². The molecule has 0 aliphatic heterocycles. The van der Waals surface area contributed by atoms with Gasteiger partial charge in [-0.05, 0) is 0 Å². The van der Waals surface area contributed by atoms with Crippen LogP contribution in [-0.2, 0) is 14.3 Å². The van der Waals surface area contributed by atoms with Gasteiger partial charge in [0.25, 0.3) is 0 Å². The second-order valence-corrected chi connectivity index (χ2v) is 1.91. The van der Waals surface area contributed by atoms with Crippen molar-refractivity contribution in [1.29, 1.82) is 0 Å².